The fraction of sp³-hybridized carbons (Fsp3) is 0.375. The summed E-state index contributed by atoms with van der Waals surface area (Å²) in [5.74, 6) is 2.19. The molecule has 2 nitrogen and oxygen atoms in total. The number of methoxy groups -OCH3 is 2. The Labute approximate surface area is 122 Å². The highest BCUT2D eigenvalue weighted by Gasteiger charge is 2.58. The van der Waals surface area contributed by atoms with Crippen LogP contribution in [0.25, 0.3) is 10.8 Å². The van der Waals surface area contributed by atoms with Crippen molar-refractivity contribution in [3.05, 3.63) is 24.3 Å². The van der Waals surface area contributed by atoms with Crippen LogP contribution in [0.2, 0.25) is 26.2 Å². The zero-order chi connectivity index (χ0) is 14.7. The summed E-state index contributed by atoms with van der Waals surface area (Å²) in [5, 5.41) is 5.37. The van der Waals surface area contributed by atoms with Crippen LogP contribution in [-0.2, 0) is 0 Å². The van der Waals surface area contributed by atoms with E-state index in [4.69, 9.17) is 9.47 Å². The van der Waals surface area contributed by atoms with E-state index in [1.54, 1.807) is 14.2 Å². The van der Waals surface area contributed by atoms with Gasteiger partial charge in [0.2, 0.25) is 0 Å². The van der Waals surface area contributed by atoms with Gasteiger partial charge in [0.15, 0.2) is 0 Å². The summed E-state index contributed by atoms with van der Waals surface area (Å²) in [6.07, 6.45) is 0. The van der Waals surface area contributed by atoms with Gasteiger partial charge in [0.1, 0.15) is 11.5 Å². The van der Waals surface area contributed by atoms with E-state index in [0.29, 0.717) is 0 Å². The summed E-state index contributed by atoms with van der Waals surface area (Å²) in [6.45, 7) is 9.94. The summed E-state index contributed by atoms with van der Waals surface area (Å²) < 4.78 is 11.6. The van der Waals surface area contributed by atoms with Crippen LogP contribution in [0, 0.1) is 0 Å². The molecule has 0 saturated heterocycles. The maximum atomic E-state index is 5.82. The van der Waals surface area contributed by atoms with Crippen molar-refractivity contribution in [3.63, 3.8) is 0 Å². The van der Waals surface area contributed by atoms with Crippen LogP contribution >= 0.6 is 0 Å². The Bertz CT molecular complexity index is 645. The highest BCUT2D eigenvalue weighted by atomic mass is 29.3. The molecular formula is C16H22O2Si2. The van der Waals surface area contributed by atoms with Crippen LogP contribution in [0.15, 0.2) is 24.3 Å². The quantitative estimate of drug-likeness (QED) is 0.794. The van der Waals surface area contributed by atoms with E-state index in [2.05, 4.69) is 50.5 Å². The first kappa shape index (κ1) is 13.7. The molecule has 0 radical (unpaired) electrons. The van der Waals surface area contributed by atoms with Crippen molar-refractivity contribution < 1.29 is 9.47 Å². The van der Waals surface area contributed by atoms with Crippen molar-refractivity contribution in [3.8, 4) is 11.5 Å². The summed E-state index contributed by atoms with van der Waals surface area (Å²) in [6, 6.07) is 8.45. The van der Waals surface area contributed by atoms with Gasteiger partial charge in [-0.3, -0.25) is 0 Å². The summed E-state index contributed by atoms with van der Waals surface area (Å²) >= 11 is 0. The molecule has 0 bridgehead atoms. The van der Waals surface area contributed by atoms with Gasteiger partial charge in [0.25, 0.3) is 0 Å². The minimum atomic E-state index is -1.40. The molecular weight excluding hydrogens is 280 g/mol. The molecule has 20 heavy (non-hydrogen) atoms. The third kappa shape index (κ3) is 1.38. The van der Waals surface area contributed by atoms with E-state index in [1.807, 2.05) is 0 Å². The lowest BCUT2D eigenvalue weighted by Crippen LogP contribution is -2.85. The maximum Gasteiger partial charge on any atom is 0.125 e. The molecule has 0 unspecified atom stereocenters. The first-order chi connectivity index (χ1) is 9.37. The lowest BCUT2D eigenvalue weighted by Gasteiger charge is -2.52. The molecule has 0 saturated carbocycles. The van der Waals surface area contributed by atoms with Gasteiger partial charge in [-0.2, -0.15) is 0 Å². The predicted octanol–water partition coefficient (Wildman–Crippen LogP) is 2.78. The Kier molecular flexibility index (Phi) is 2.82. The second kappa shape index (κ2) is 4.12. The molecule has 0 spiro atoms. The fourth-order valence-corrected chi connectivity index (χ4v) is 14.1. The molecule has 0 aromatic heterocycles. The van der Waals surface area contributed by atoms with Crippen molar-refractivity contribution in [2.75, 3.05) is 14.2 Å². The first-order valence-corrected chi connectivity index (χ1v) is 14.1. The molecule has 1 aliphatic heterocycles. The van der Waals surface area contributed by atoms with E-state index in [-0.39, 0.29) is 0 Å². The smallest absolute Gasteiger partial charge is 0.125 e. The monoisotopic (exact) mass is 302 g/mol. The van der Waals surface area contributed by atoms with Crippen LogP contribution in [0.1, 0.15) is 0 Å². The largest absolute Gasteiger partial charge is 0.496 e. The van der Waals surface area contributed by atoms with Gasteiger partial charge in [0.05, 0.1) is 29.4 Å². The number of ether oxygens (including phenoxy) is 2. The molecule has 4 heteroatoms. The molecule has 1 heterocycles. The van der Waals surface area contributed by atoms with Gasteiger partial charge in [0, 0.05) is 10.8 Å². The Morgan fingerprint density at radius 1 is 0.700 bits per heavy atom. The van der Waals surface area contributed by atoms with Gasteiger partial charge >= 0.3 is 0 Å². The highest BCUT2D eigenvalue weighted by molar-refractivity contribution is 7.57. The third-order valence-corrected chi connectivity index (χ3v) is 23.0. The fourth-order valence-electron chi connectivity index (χ4n) is 3.55. The average molecular weight is 303 g/mol. The minimum Gasteiger partial charge on any atom is -0.496 e. The molecule has 0 N–H and O–H groups in total. The molecule has 0 atom stereocenters. The normalized spacial score (nSPS) is 18.3. The number of benzene rings is 2. The molecule has 0 fully saturated rings. The number of rotatable bonds is 2. The molecule has 106 valence electrons. The first-order valence-electron chi connectivity index (χ1n) is 7.05. The van der Waals surface area contributed by atoms with Gasteiger partial charge < -0.3 is 9.47 Å². The topological polar surface area (TPSA) is 18.5 Å². The van der Waals surface area contributed by atoms with Crippen molar-refractivity contribution in [1.82, 2.24) is 0 Å². The van der Waals surface area contributed by atoms with Crippen LogP contribution in [0.5, 0.6) is 11.5 Å². The maximum absolute atomic E-state index is 5.82. The Hall–Kier alpha value is -1.27. The van der Waals surface area contributed by atoms with E-state index in [0.717, 1.165) is 11.5 Å². The average Bonchev–Trinajstić information content (AvgIpc) is 2.44. The Morgan fingerprint density at radius 3 is 1.35 bits per heavy atom. The number of hydrogen-bond acceptors (Lipinski definition) is 2. The molecule has 2 aromatic rings. The van der Waals surface area contributed by atoms with Gasteiger partial charge in [-0.25, -0.2) is 0 Å². The predicted molar refractivity (Wildman–Crippen MR) is 91.3 cm³/mol. The molecule has 0 amide bonds. The minimum absolute atomic E-state index is 1.10. The third-order valence-electron chi connectivity index (χ3n) is 5.34. The second-order valence-electron chi connectivity index (χ2n) is 6.61. The molecule has 1 aliphatic rings. The molecule has 2 aromatic carbocycles. The van der Waals surface area contributed by atoms with Crippen molar-refractivity contribution in [2.45, 2.75) is 26.2 Å². The zero-order valence-electron chi connectivity index (χ0n) is 13.1. The van der Waals surface area contributed by atoms with Gasteiger partial charge in [-0.15, -0.1) is 0 Å². The van der Waals surface area contributed by atoms with Crippen molar-refractivity contribution in [2.24, 2.45) is 0 Å². The zero-order valence-corrected chi connectivity index (χ0v) is 15.1. The van der Waals surface area contributed by atoms with E-state index in [9.17, 15) is 0 Å². The summed E-state index contributed by atoms with van der Waals surface area (Å²) in [5.41, 5.74) is 0. The summed E-state index contributed by atoms with van der Waals surface area (Å²) in [7, 11) is 0.804. The van der Waals surface area contributed by atoms with Crippen LogP contribution < -0.4 is 19.8 Å². The van der Waals surface area contributed by atoms with Crippen LogP contribution in [0.4, 0.5) is 0 Å². The lowest BCUT2D eigenvalue weighted by molar-refractivity contribution is 0.415. The van der Waals surface area contributed by atoms with Gasteiger partial charge in [-0.05, 0) is 10.4 Å². The lowest BCUT2D eigenvalue weighted by atomic mass is 10.1. The Balaban J connectivity index is 2.53. The number of fused-ring (bicyclic) bond motifs is 2. The van der Waals surface area contributed by atoms with E-state index >= 15 is 0 Å². The summed E-state index contributed by atoms with van der Waals surface area (Å²) in [4.78, 5) is 0. The van der Waals surface area contributed by atoms with Crippen LogP contribution in [-0.4, -0.2) is 29.4 Å². The highest BCUT2D eigenvalue weighted by Crippen LogP contribution is 2.41. The Morgan fingerprint density at radius 2 is 1.05 bits per heavy atom. The molecule has 0 aliphatic carbocycles. The van der Waals surface area contributed by atoms with Crippen molar-refractivity contribution in [1.29, 1.82) is 0 Å². The number of hydrogen-bond donors (Lipinski definition) is 0. The van der Waals surface area contributed by atoms with E-state index < -0.39 is 15.2 Å². The van der Waals surface area contributed by atoms with Crippen molar-refractivity contribution >= 4 is 36.3 Å². The van der Waals surface area contributed by atoms with E-state index in [1.165, 1.54) is 21.1 Å². The molecule has 3 rings (SSSR count). The SMILES string of the molecule is COc1c2c(c(OC)c3ccccc13)[Si](C)(C)[Si]2(C)C. The second-order valence-corrected chi connectivity index (χ2v) is 21.6. The van der Waals surface area contributed by atoms with Crippen LogP contribution in [0.3, 0.4) is 0 Å². The standard InChI is InChI=1S/C16H22O2Si2/c1-17-13-11-9-7-8-10-12(11)14(18-2)16-15(13)19(3,4)20(16,5)6/h7-10H,1-6H3. The van der Waals surface area contributed by atoms with Gasteiger partial charge in [-0.1, -0.05) is 50.5 Å².